The first-order valence-electron chi connectivity index (χ1n) is 9.39. The number of carbonyl (C=O) groups is 3. The van der Waals surface area contributed by atoms with Gasteiger partial charge in [0, 0.05) is 17.7 Å². The van der Waals surface area contributed by atoms with Gasteiger partial charge in [-0.25, -0.2) is 4.79 Å². The van der Waals surface area contributed by atoms with E-state index >= 15 is 0 Å². The van der Waals surface area contributed by atoms with Crippen LogP contribution < -0.4 is 5.32 Å². The van der Waals surface area contributed by atoms with Gasteiger partial charge in [0.05, 0.1) is 18.6 Å². The molecule has 0 radical (unpaired) electrons. The fourth-order valence-electron chi connectivity index (χ4n) is 3.08. The van der Waals surface area contributed by atoms with E-state index in [0.717, 1.165) is 11.1 Å². The van der Waals surface area contributed by atoms with Gasteiger partial charge in [0.25, 0.3) is 0 Å². The zero-order chi connectivity index (χ0) is 21.5. The van der Waals surface area contributed by atoms with E-state index in [1.54, 1.807) is 66.7 Å². The van der Waals surface area contributed by atoms with E-state index in [-0.39, 0.29) is 36.7 Å². The van der Waals surface area contributed by atoms with E-state index in [1.165, 1.54) is 6.07 Å². The fourth-order valence-corrected chi connectivity index (χ4v) is 3.08. The highest BCUT2D eigenvalue weighted by Crippen LogP contribution is 2.16. The molecule has 0 spiro atoms. The SMILES string of the molecule is O=C(Cc1ccc(CO)cc1)Nc1cccc(C(=O)Cc2ccccc2C(=O)O)c1. The number of hydrogen-bond acceptors (Lipinski definition) is 4. The van der Waals surface area contributed by atoms with Gasteiger partial charge in [-0.15, -0.1) is 0 Å². The molecule has 0 bridgehead atoms. The van der Waals surface area contributed by atoms with E-state index in [2.05, 4.69) is 5.32 Å². The number of nitrogens with one attached hydrogen (secondary N) is 1. The summed E-state index contributed by atoms with van der Waals surface area (Å²) in [6, 6.07) is 20.1. The number of ketones is 1. The smallest absolute Gasteiger partial charge is 0.335 e. The molecule has 0 aliphatic heterocycles. The molecule has 0 aliphatic carbocycles. The summed E-state index contributed by atoms with van der Waals surface area (Å²) in [7, 11) is 0. The van der Waals surface area contributed by atoms with Crippen LogP contribution in [-0.4, -0.2) is 27.9 Å². The fraction of sp³-hybridized carbons (Fsp3) is 0.125. The molecule has 0 heterocycles. The lowest BCUT2D eigenvalue weighted by Gasteiger charge is -2.09. The summed E-state index contributed by atoms with van der Waals surface area (Å²) in [5.41, 5.74) is 3.00. The summed E-state index contributed by atoms with van der Waals surface area (Å²) < 4.78 is 0. The molecule has 3 N–H and O–H groups in total. The molecule has 3 aromatic carbocycles. The van der Waals surface area contributed by atoms with Crippen LogP contribution in [-0.2, 0) is 24.2 Å². The molecular formula is C24H21NO5. The van der Waals surface area contributed by atoms with Crippen molar-refractivity contribution in [1.29, 1.82) is 0 Å². The summed E-state index contributed by atoms with van der Waals surface area (Å²) >= 11 is 0. The van der Waals surface area contributed by atoms with E-state index in [9.17, 15) is 19.5 Å². The molecule has 0 fully saturated rings. The van der Waals surface area contributed by atoms with Crippen molar-refractivity contribution in [2.24, 2.45) is 0 Å². The largest absolute Gasteiger partial charge is 0.478 e. The summed E-state index contributed by atoms with van der Waals surface area (Å²) in [6.07, 6.45) is 0.118. The Morgan fingerprint density at radius 1 is 0.800 bits per heavy atom. The first kappa shape index (κ1) is 21.0. The van der Waals surface area contributed by atoms with Crippen LogP contribution in [0.15, 0.2) is 72.8 Å². The van der Waals surface area contributed by atoms with Gasteiger partial charge in [-0.3, -0.25) is 9.59 Å². The standard InChI is InChI=1S/C24H21NO5/c26-15-17-10-8-16(9-11-17)12-23(28)25-20-6-3-5-19(13-20)22(27)14-18-4-1-2-7-21(18)24(29)30/h1-11,13,26H,12,14-15H2,(H,25,28)(H,29,30). The molecule has 0 unspecified atom stereocenters. The Labute approximate surface area is 173 Å². The Hall–Kier alpha value is -3.77. The summed E-state index contributed by atoms with van der Waals surface area (Å²) in [6.45, 7) is -0.0514. The molecule has 6 nitrogen and oxygen atoms in total. The quantitative estimate of drug-likeness (QED) is 0.500. The van der Waals surface area contributed by atoms with Gasteiger partial charge in [-0.05, 0) is 34.9 Å². The van der Waals surface area contributed by atoms with E-state index in [1.807, 2.05) is 0 Å². The van der Waals surface area contributed by atoms with Crippen LogP contribution in [0, 0.1) is 0 Å². The first-order chi connectivity index (χ1) is 14.5. The Morgan fingerprint density at radius 2 is 1.50 bits per heavy atom. The number of rotatable bonds is 8. The van der Waals surface area contributed by atoms with Gasteiger partial charge in [0.15, 0.2) is 5.78 Å². The molecule has 152 valence electrons. The topological polar surface area (TPSA) is 104 Å². The van der Waals surface area contributed by atoms with Gasteiger partial charge in [-0.2, -0.15) is 0 Å². The molecule has 3 aromatic rings. The predicted molar refractivity (Wildman–Crippen MR) is 113 cm³/mol. The second-order valence-corrected chi connectivity index (χ2v) is 6.84. The molecule has 6 heteroatoms. The number of hydrogen-bond donors (Lipinski definition) is 3. The minimum atomic E-state index is -1.08. The van der Waals surface area contributed by atoms with Crippen LogP contribution in [0.1, 0.15) is 37.4 Å². The lowest BCUT2D eigenvalue weighted by molar-refractivity contribution is -0.115. The zero-order valence-electron chi connectivity index (χ0n) is 16.2. The molecule has 0 aromatic heterocycles. The minimum absolute atomic E-state index is 0.0446. The Bertz CT molecular complexity index is 1070. The van der Waals surface area contributed by atoms with Crippen molar-refractivity contribution in [2.45, 2.75) is 19.4 Å². The number of carboxylic acid groups (broad SMARTS) is 1. The highest BCUT2D eigenvalue weighted by atomic mass is 16.4. The second-order valence-electron chi connectivity index (χ2n) is 6.84. The van der Waals surface area contributed by atoms with Gasteiger partial charge >= 0.3 is 5.97 Å². The average molecular weight is 403 g/mol. The molecule has 30 heavy (non-hydrogen) atoms. The number of benzene rings is 3. The third kappa shape index (κ3) is 5.40. The van der Waals surface area contributed by atoms with E-state index < -0.39 is 5.97 Å². The first-order valence-corrected chi connectivity index (χ1v) is 9.39. The highest BCUT2D eigenvalue weighted by Gasteiger charge is 2.14. The Kier molecular flexibility index (Phi) is 6.72. The summed E-state index contributed by atoms with van der Waals surface area (Å²) in [4.78, 5) is 36.3. The van der Waals surface area contributed by atoms with Crippen LogP contribution in [0.4, 0.5) is 5.69 Å². The number of anilines is 1. The maximum absolute atomic E-state index is 12.7. The summed E-state index contributed by atoms with van der Waals surface area (Å²) in [5, 5.41) is 21.1. The normalized spacial score (nSPS) is 10.4. The number of Topliss-reactive ketones (excluding diaryl/α,β-unsaturated/α-hetero) is 1. The molecule has 3 rings (SSSR count). The second kappa shape index (κ2) is 9.62. The molecule has 0 saturated carbocycles. The van der Waals surface area contributed by atoms with Gasteiger partial charge < -0.3 is 15.5 Å². The van der Waals surface area contributed by atoms with Gasteiger partial charge in [0.2, 0.25) is 5.91 Å². The van der Waals surface area contributed by atoms with Gasteiger partial charge in [0.1, 0.15) is 0 Å². The number of amides is 1. The number of aliphatic hydroxyl groups is 1. The molecule has 0 aliphatic rings. The predicted octanol–water partition coefficient (Wildman–Crippen LogP) is 3.48. The van der Waals surface area contributed by atoms with Crippen molar-refractivity contribution < 1.29 is 24.6 Å². The maximum Gasteiger partial charge on any atom is 0.335 e. The van der Waals surface area contributed by atoms with Crippen LogP contribution in [0.3, 0.4) is 0 Å². The van der Waals surface area contributed by atoms with Crippen LogP contribution >= 0.6 is 0 Å². The van der Waals surface area contributed by atoms with Crippen molar-refractivity contribution in [2.75, 3.05) is 5.32 Å². The molecule has 0 atom stereocenters. The lowest BCUT2D eigenvalue weighted by Crippen LogP contribution is -2.15. The van der Waals surface area contributed by atoms with Crippen molar-refractivity contribution in [1.82, 2.24) is 0 Å². The van der Waals surface area contributed by atoms with E-state index in [0.29, 0.717) is 16.8 Å². The summed E-state index contributed by atoms with van der Waals surface area (Å²) in [5.74, 6) is -1.54. The highest BCUT2D eigenvalue weighted by molar-refractivity contribution is 6.01. The Morgan fingerprint density at radius 3 is 2.20 bits per heavy atom. The van der Waals surface area contributed by atoms with Gasteiger partial charge in [-0.1, -0.05) is 54.6 Å². The number of carboxylic acids is 1. The zero-order valence-corrected chi connectivity index (χ0v) is 16.2. The van der Waals surface area contributed by atoms with Crippen molar-refractivity contribution in [3.63, 3.8) is 0 Å². The van der Waals surface area contributed by atoms with E-state index in [4.69, 9.17) is 5.11 Å². The lowest BCUT2D eigenvalue weighted by atomic mass is 9.98. The average Bonchev–Trinajstić information content (AvgIpc) is 2.74. The maximum atomic E-state index is 12.7. The molecule has 1 amide bonds. The third-order valence-corrected chi connectivity index (χ3v) is 4.64. The van der Waals surface area contributed by atoms with Crippen molar-refractivity contribution >= 4 is 23.3 Å². The Balaban J connectivity index is 1.67. The molecule has 0 saturated heterocycles. The van der Waals surface area contributed by atoms with Crippen molar-refractivity contribution in [3.8, 4) is 0 Å². The van der Waals surface area contributed by atoms with Crippen molar-refractivity contribution in [3.05, 3.63) is 101 Å². The van der Waals surface area contributed by atoms with Crippen LogP contribution in [0.2, 0.25) is 0 Å². The molecular weight excluding hydrogens is 382 g/mol. The number of carbonyl (C=O) groups excluding carboxylic acids is 2. The minimum Gasteiger partial charge on any atom is -0.478 e. The number of aromatic carboxylic acids is 1. The van der Waals surface area contributed by atoms with Crippen LogP contribution in [0.5, 0.6) is 0 Å². The van der Waals surface area contributed by atoms with Crippen LogP contribution in [0.25, 0.3) is 0 Å². The monoisotopic (exact) mass is 403 g/mol. The number of aliphatic hydroxyl groups excluding tert-OH is 1. The third-order valence-electron chi connectivity index (χ3n) is 4.64.